The first-order valence-corrected chi connectivity index (χ1v) is 14.0. The van der Waals surface area contributed by atoms with Crippen LogP contribution in [0.5, 0.6) is 0 Å². The molecule has 0 fully saturated rings. The molecule has 0 aliphatic rings. The van der Waals surface area contributed by atoms with E-state index in [1.54, 1.807) is 0 Å². The Morgan fingerprint density at radius 2 is 1.21 bits per heavy atom. The molecule has 0 aliphatic carbocycles. The maximum atomic E-state index is 14.8. The lowest BCUT2D eigenvalue weighted by Gasteiger charge is -2.21. The predicted octanol–water partition coefficient (Wildman–Crippen LogP) is 7.62. The zero-order chi connectivity index (χ0) is 23.6. The summed E-state index contributed by atoms with van der Waals surface area (Å²) in [5, 5.41) is 2.58. The minimum atomic E-state index is -3.01. The molecule has 4 aromatic rings. The molecule has 4 rings (SSSR count). The van der Waals surface area contributed by atoms with E-state index in [0.717, 1.165) is 33.5 Å². The van der Waals surface area contributed by atoms with Crippen molar-refractivity contribution in [1.82, 2.24) is 0 Å². The van der Waals surface area contributed by atoms with Crippen LogP contribution in [0.25, 0.3) is 12.2 Å². The zero-order valence-corrected chi connectivity index (χ0v) is 20.8. The van der Waals surface area contributed by atoms with Crippen molar-refractivity contribution in [2.45, 2.75) is 39.0 Å². The Balaban J connectivity index is 1.64. The van der Waals surface area contributed by atoms with Crippen LogP contribution >= 0.6 is 7.14 Å². The molecule has 1 nitrogen and oxygen atoms in total. The molecular weight excluding hydrogens is 431 g/mol. The van der Waals surface area contributed by atoms with E-state index in [2.05, 4.69) is 49.4 Å². The summed E-state index contributed by atoms with van der Waals surface area (Å²) in [6, 6.07) is 36.6. The van der Waals surface area contributed by atoms with Crippen LogP contribution in [0.15, 0.2) is 109 Å². The number of aryl methyl sites for hydroxylation is 1. The lowest BCUT2D eigenvalue weighted by molar-refractivity contribution is 0.592. The molecule has 0 unspecified atom stereocenters. The highest BCUT2D eigenvalue weighted by molar-refractivity contribution is 7.85. The Kier molecular flexibility index (Phi) is 8.34. The third-order valence-electron chi connectivity index (χ3n) is 6.27. The van der Waals surface area contributed by atoms with Gasteiger partial charge in [-0.05, 0) is 29.5 Å². The van der Waals surface area contributed by atoms with Crippen molar-refractivity contribution in [3.8, 4) is 0 Å². The van der Waals surface area contributed by atoms with Gasteiger partial charge in [0, 0.05) is 15.9 Å². The van der Waals surface area contributed by atoms with Crippen molar-refractivity contribution in [3.63, 3.8) is 0 Å². The first-order valence-electron chi connectivity index (χ1n) is 12.3. The minimum Gasteiger partial charge on any atom is -0.309 e. The molecule has 0 atom stereocenters. The molecule has 172 valence electrons. The Labute approximate surface area is 204 Å². The van der Waals surface area contributed by atoms with Gasteiger partial charge in [0.1, 0.15) is 0 Å². The van der Waals surface area contributed by atoms with Crippen LogP contribution in [0.4, 0.5) is 0 Å². The van der Waals surface area contributed by atoms with Gasteiger partial charge in [-0.1, -0.05) is 148 Å². The van der Waals surface area contributed by atoms with Crippen LogP contribution in [0.2, 0.25) is 0 Å². The normalized spacial score (nSPS) is 11.7. The van der Waals surface area contributed by atoms with E-state index in [4.69, 9.17) is 0 Å². The second kappa shape index (κ2) is 11.8. The van der Waals surface area contributed by atoms with E-state index in [-0.39, 0.29) is 0 Å². The van der Waals surface area contributed by atoms with Gasteiger partial charge >= 0.3 is 0 Å². The summed E-state index contributed by atoms with van der Waals surface area (Å²) >= 11 is 0. The summed E-state index contributed by atoms with van der Waals surface area (Å²) in [5.41, 5.74) is 3.54. The van der Waals surface area contributed by atoms with Crippen molar-refractivity contribution in [2.75, 3.05) is 0 Å². The molecule has 0 aromatic heterocycles. The average Bonchev–Trinajstić information content (AvgIpc) is 2.91. The number of hydrogen-bond acceptors (Lipinski definition) is 1. The molecule has 0 saturated heterocycles. The maximum Gasteiger partial charge on any atom is 0.171 e. The molecule has 4 aromatic carbocycles. The molecule has 2 heteroatoms. The van der Waals surface area contributed by atoms with E-state index < -0.39 is 7.14 Å². The molecule has 0 bridgehead atoms. The Hall–Kier alpha value is -3.15. The van der Waals surface area contributed by atoms with E-state index in [0.29, 0.717) is 0 Å². The fourth-order valence-corrected chi connectivity index (χ4v) is 7.20. The quantitative estimate of drug-likeness (QED) is 0.134. The summed E-state index contributed by atoms with van der Waals surface area (Å²) in [6.45, 7) is 2.25. The van der Waals surface area contributed by atoms with Gasteiger partial charge < -0.3 is 4.57 Å². The molecule has 0 amide bonds. The van der Waals surface area contributed by atoms with Crippen LogP contribution < -0.4 is 15.9 Å². The smallest absolute Gasteiger partial charge is 0.171 e. The summed E-state index contributed by atoms with van der Waals surface area (Å²) in [4.78, 5) is 0. The largest absolute Gasteiger partial charge is 0.309 e. The van der Waals surface area contributed by atoms with Gasteiger partial charge in [0.15, 0.2) is 7.14 Å². The van der Waals surface area contributed by atoms with Crippen LogP contribution in [-0.2, 0) is 11.0 Å². The van der Waals surface area contributed by atoms with Gasteiger partial charge in [-0.25, -0.2) is 0 Å². The van der Waals surface area contributed by atoms with Crippen molar-refractivity contribution < 1.29 is 4.57 Å². The monoisotopic (exact) mass is 464 g/mol. The topological polar surface area (TPSA) is 17.1 Å². The molecule has 0 aliphatic heterocycles. The molecule has 0 N–H and O–H groups in total. The van der Waals surface area contributed by atoms with Crippen LogP contribution in [0, 0.1) is 0 Å². The Morgan fingerprint density at radius 3 is 1.82 bits per heavy atom. The highest BCUT2D eigenvalue weighted by Crippen LogP contribution is 2.43. The summed E-state index contributed by atoms with van der Waals surface area (Å²) < 4.78 is 14.8. The molecule has 0 saturated carbocycles. The molecule has 0 radical (unpaired) electrons. The van der Waals surface area contributed by atoms with E-state index in [9.17, 15) is 4.57 Å². The van der Waals surface area contributed by atoms with Gasteiger partial charge in [0.25, 0.3) is 0 Å². The molecular formula is C32H33OP. The van der Waals surface area contributed by atoms with Gasteiger partial charge in [-0.2, -0.15) is 0 Å². The number of hydrogen-bond donors (Lipinski definition) is 0. The Bertz CT molecular complexity index is 1200. The van der Waals surface area contributed by atoms with Crippen molar-refractivity contribution in [1.29, 1.82) is 0 Å². The predicted molar refractivity (Wildman–Crippen MR) is 149 cm³/mol. The van der Waals surface area contributed by atoms with E-state index >= 15 is 0 Å². The van der Waals surface area contributed by atoms with Crippen molar-refractivity contribution in [3.05, 3.63) is 126 Å². The zero-order valence-electron chi connectivity index (χ0n) is 19.9. The lowest BCUT2D eigenvalue weighted by Crippen LogP contribution is -2.26. The average molecular weight is 465 g/mol. The van der Waals surface area contributed by atoms with Gasteiger partial charge in [0.05, 0.1) is 0 Å². The first-order chi connectivity index (χ1) is 16.7. The van der Waals surface area contributed by atoms with Crippen LogP contribution in [-0.4, -0.2) is 0 Å². The highest BCUT2D eigenvalue weighted by atomic mass is 31.2. The number of rotatable bonds is 10. The van der Waals surface area contributed by atoms with E-state index in [1.165, 1.54) is 31.2 Å². The van der Waals surface area contributed by atoms with Crippen molar-refractivity contribution in [2.24, 2.45) is 0 Å². The van der Waals surface area contributed by atoms with Crippen molar-refractivity contribution >= 4 is 35.2 Å². The summed E-state index contributed by atoms with van der Waals surface area (Å²) in [6.07, 6.45) is 10.5. The third-order valence-corrected chi connectivity index (χ3v) is 9.41. The first kappa shape index (κ1) is 24.0. The second-order valence-electron chi connectivity index (χ2n) is 8.72. The minimum absolute atomic E-state index is 0.856. The summed E-state index contributed by atoms with van der Waals surface area (Å²) in [5.74, 6) is 0. The standard InChI is InChI=1S/C32H33OP/c1-2-3-4-7-14-27-21-23-28(24-22-27)25-26-29-15-12-13-20-32(29)34(33,30-16-8-5-9-17-30)31-18-10-6-11-19-31/h5-6,8-13,15-26H,2-4,7,14H2,1H3. The SMILES string of the molecule is CCCCCCc1ccc(C=Cc2ccccc2P(=O)(c2ccccc2)c2ccccc2)cc1. The second-order valence-corrected chi connectivity index (χ2v) is 11.5. The van der Waals surface area contributed by atoms with Crippen LogP contribution in [0.3, 0.4) is 0 Å². The molecule has 0 heterocycles. The van der Waals surface area contributed by atoms with Gasteiger partial charge in [0.2, 0.25) is 0 Å². The maximum absolute atomic E-state index is 14.8. The fraction of sp³-hybridized carbons (Fsp3) is 0.188. The number of unbranched alkanes of at least 4 members (excludes halogenated alkanes) is 3. The Morgan fingerprint density at radius 1 is 0.618 bits per heavy atom. The molecule has 34 heavy (non-hydrogen) atoms. The van der Waals surface area contributed by atoms with Crippen LogP contribution in [0.1, 0.15) is 49.3 Å². The van der Waals surface area contributed by atoms with Gasteiger partial charge in [-0.15, -0.1) is 0 Å². The fourth-order valence-electron chi connectivity index (χ4n) is 4.36. The highest BCUT2D eigenvalue weighted by Gasteiger charge is 2.30. The summed E-state index contributed by atoms with van der Waals surface area (Å²) in [7, 11) is -3.01. The number of benzene rings is 4. The third kappa shape index (κ3) is 5.66. The van der Waals surface area contributed by atoms with Gasteiger partial charge in [-0.3, -0.25) is 0 Å². The van der Waals surface area contributed by atoms with E-state index in [1.807, 2.05) is 78.9 Å². The lowest BCUT2D eigenvalue weighted by atomic mass is 10.0. The molecule has 0 spiro atoms.